The second kappa shape index (κ2) is 5.26. The van der Waals surface area contributed by atoms with Gasteiger partial charge in [0.25, 0.3) is 5.91 Å². The number of hydrazine groups is 1. The van der Waals surface area contributed by atoms with Gasteiger partial charge in [-0.1, -0.05) is 6.07 Å². The number of benzene rings is 1. The summed E-state index contributed by atoms with van der Waals surface area (Å²) in [5, 5.41) is 11.0. The topological polar surface area (TPSA) is 102 Å². The van der Waals surface area contributed by atoms with E-state index in [1.165, 1.54) is 17.0 Å². The van der Waals surface area contributed by atoms with Crippen LogP contribution in [0.15, 0.2) is 18.2 Å². The summed E-state index contributed by atoms with van der Waals surface area (Å²) in [5.74, 6) is 4.78. The van der Waals surface area contributed by atoms with E-state index in [0.717, 1.165) is 0 Å². The van der Waals surface area contributed by atoms with Crippen molar-refractivity contribution in [2.24, 2.45) is 5.84 Å². The number of nitro benzene ring substituents is 1. The van der Waals surface area contributed by atoms with E-state index >= 15 is 0 Å². The molecule has 0 heterocycles. The zero-order valence-corrected chi connectivity index (χ0v) is 9.64. The third kappa shape index (κ3) is 2.51. The first-order valence-electron chi connectivity index (χ1n) is 5.02. The molecule has 1 aromatic rings. The Kier molecular flexibility index (Phi) is 4.00. The number of nitrogens with two attached hydrogens (primary N) is 1. The lowest BCUT2D eigenvalue weighted by atomic mass is 10.1. The Labute approximate surface area is 98.3 Å². The number of nitrogens with one attached hydrogen (secondary N) is 1. The summed E-state index contributed by atoms with van der Waals surface area (Å²) in [5.41, 5.74) is 2.05. The highest BCUT2D eigenvalue weighted by molar-refractivity contribution is 6.00. The van der Waals surface area contributed by atoms with Crippen LogP contribution in [0.5, 0.6) is 0 Å². The van der Waals surface area contributed by atoms with E-state index < -0.39 is 10.8 Å². The maximum atomic E-state index is 11.9. The first-order chi connectivity index (χ1) is 8.02. The normalized spacial score (nSPS) is 9.82. The van der Waals surface area contributed by atoms with Crippen molar-refractivity contribution in [3.63, 3.8) is 0 Å². The molecule has 92 valence electrons. The van der Waals surface area contributed by atoms with Crippen LogP contribution in [0.2, 0.25) is 0 Å². The van der Waals surface area contributed by atoms with Crippen molar-refractivity contribution < 1.29 is 9.72 Å². The second-order valence-electron chi connectivity index (χ2n) is 3.42. The van der Waals surface area contributed by atoms with Crippen molar-refractivity contribution in [2.75, 3.05) is 19.0 Å². The molecule has 0 aliphatic carbocycles. The van der Waals surface area contributed by atoms with Gasteiger partial charge in [0.2, 0.25) is 0 Å². The van der Waals surface area contributed by atoms with Crippen molar-refractivity contribution >= 4 is 17.3 Å². The van der Waals surface area contributed by atoms with Gasteiger partial charge in [-0.05, 0) is 19.1 Å². The van der Waals surface area contributed by atoms with Gasteiger partial charge in [0, 0.05) is 13.6 Å². The Bertz CT molecular complexity index is 447. The molecule has 0 saturated heterocycles. The maximum absolute atomic E-state index is 11.9. The molecule has 0 unspecified atom stereocenters. The molecular formula is C10H14N4O3. The predicted molar refractivity (Wildman–Crippen MR) is 63.5 cm³/mol. The molecule has 0 atom stereocenters. The molecule has 3 N–H and O–H groups in total. The number of nitrogens with zero attached hydrogens (tertiary/aromatic N) is 2. The second-order valence-corrected chi connectivity index (χ2v) is 3.42. The number of carbonyl (C=O) groups is 1. The van der Waals surface area contributed by atoms with E-state index in [1.807, 2.05) is 0 Å². The van der Waals surface area contributed by atoms with E-state index in [-0.39, 0.29) is 16.9 Å². The lowest BCUT2D eigenvalue weighted by Crippen LogP contribution is -2.27. The first-order valence-corrected chi connectivity index (χ1v) is 5.02. The van der Waals surface area contributed by atoms with Crippen molar-refractivity contribution in [3.8, 4) is 0 Å². The smallest absolute Gasteiger partial charge is 0.306 e. The molecule has 17 heavy (non-hydrogen) atoms. The minimum Gasteiger partial charge on any atom is -0.342 e. The van der Waals surface area contributed by atoms with Crippen LogP contribution in [0.3, 0.4) is 0 Å². The highest BCUT2D eigenvalue weighted by Gasteiger charge is 2.25. The van der Waals surface area contributed by atoms with E-state index in [0.29, 0.717) is 6.54 Å². The van der Waals surface area contributed by atoms with Gasteiger partial charge in [0.05, 0.1) is 4.92 Å². The molecule has 1 amide bonds. The third-order valence-corrected chi connectivity index (χ3v) is 2.43. The van der Waals surface area contributed by atoms with E-state index in [4.69, 9.17) is 5.84 Å². The number of hydrogen-bond acceptors (Lipinski definition) is 5. The average molecular weight is 238 g/mol. The lowest BCUT2D eigenvalue weighted by Gasteiger charge is -2.15. The Balaban J connectivity index is 3.33. The Morgan fingerprint density at radius 2 is 2.24 bits per heavy atom. The molecule has 0 saturated carbocycles. The zero-order valence-electron chi connectivity index (χ0n) is 9.64. The third-order valence-electron chi connectivity index (χ3n) is 2.43. The fourth-order valence-corrected chi connectivity index (χ4v) is 1.38. The number of nitrogen functional groups attached to an aromatic ring is 1. The first kappa shape index (κ1) is 12.9. The molecule has 1 aromatic carbocycles. The average Bonchev–Trinajstić information content (AvgIpc) is 2.35. The van der Waals surface area contributed by atoms with Gasteiger partial charge in [0.1, 0.15) is 11.3 Å². The van der Waals surface area contributed by atoms with E-state index in [9.17, 15) is 14.9 Å². The molecule has 0 radical (unpaired) electrons. The molecule has 0 bridgehead atoms. The lowest BCUT2D eigenvalue weighted by molar-refractivity contribution is -0.384. The molecule has 7 nitrogen and oxygen atoms in total. The van der Waals surface area contributed by atoms with Gasteiger partial charge < -0.3 is 10.3 Å². The van der Waals surface area contributed by atoms with Crippen LogP contribution in [-0.2, 0) is 0 Å². The highest BCUT2D eigenvalue weighted by atomic mass is 16.6. The molecular weight excluding hydrogens is 224 g/mol. The molecule has 0 fully saturated rings. The molecule has 0 aromatic heterocycles. The Hall–Kier alpha value is -2.15. The summed E-state index contributed by atoms with van der Waals surface area (Å²) in [6.45, 7) is 2.25. The predicted octanol–water partition coefficient (Wildman–Crippen LogP) is 0.972. The summed E-state index contributed by atoms with van der Waals surface area (Å²) in [4.78, 5) is 23.7. The number of hydrogen-bond donors (Lipinski definition) is 2. The number of para-hydroxylation sites is 1. The van der Waals surface area contributed by atoms with E-state index in [2.05, 4.69) is 5.43 Å². The monoisotopic (exact) mass is 238 g/mol. The molecule has 0 aliphatic rings. The van der Waals surface area contributed by atoms with Gasteiger partial charge in [-0.3, -0.25) is 20.8 Å². The largest absolute Gasteiger partial charge is 0.342 e. The maximum Gasteiger partial charge on any atom is 0.306 e. The van der Waals surface area contributed by atoms with Gasteiger partial charge in [-0.2, -0.15) is 0 Å². The van der Waals surface area contributed by atoms with Crippen LogP contribution < -0.4 is 11.3 Å². The molecule has 0 spiro atoms. The number of anilines is 1. The van der Waals surface area contributed by atoms with Crippen LogP contribution in [0, 0.1) is 10.1 Å². The van der Waals surface area contributed by atoms with Crippen molar-refractivity contribution in [3.05, 3.63) is 33.9 Å². The van der Waals surface area contributed by atoms with Crippen LogP contribution >= 0.6 is 0 Å². The summed E-state index contributed by atoms with van der Waals surface area (Å²) in [7, 11) is 1.58. The van der Waals surface area contributed by atoms with E-state index in [1.54, 1.807) is 20.0 Å². The zero-order chi connectivity index (χ0) is 13.0. The van der Waals surface area contributed by atoms with Gasteiger partial charge in [-0.25, -0.2) is 0 Å². The SMILES string of the molecule is CCN(C)C(=O)c1cccc(NN)c1[N+](=O)[O-]. The number of nitro groups is 1. The minimum absolute atomic E-state index is 0.0230. The van der Waals surface area contributed by atoms with Crippen molar-refractivity contribution in [1.29, 1.82) is 0 Å². The quantitative estimate of drug-likeness (QED) is 0.462. The molecule has 7 heteroatoms. The number of carbonyl (C=O) groups excluding carboxylic acids is 1. The number of rotatable bonds is 4. The molecule has 0 aliphatic heterocycles. The van der Waals surface area contributed by atoms with Gasteiger partial charge in [-0.15, -0.1) is 0 Å². The highest BCUT2D eigenvalue weighted by Crippen LogP contribution is 2.28. The van der Waals surface area contributed by atoms with Gasteiger partial charge in [0.15, 0.2) is 0 Å². The summed E-state index contributed by atoms with van der Waals surface area (Å²) in [6.07, 6.45) is 0. The Morgan fingerprint density at radius 3 is 2.71 bits per heavy atom. The fraction of sp³-hybridized carbons (Fsp3) is 0.300. The standard InChI is InChI=1S/C10H14N4O3/c1-3-13(2)10(15)7-5-4-6-8(12-11)9(7)14(16)17/h4-6,12H,3,11H2,1-2H3. The fourth-order valence-electron chi connectivity index (χ4n) is 1.38. The number of amides is 1. The summed E-state index contributed by atoms with van der Waals surface area (Å²) < 4.78 is 0. The van der Waals surface area contributed by atoms with Crippen molar-refractivity contribution in [2.45, 2.75) is 6.92 Å². The summed E-state index contributed by atoms with van der Waals surface area (Å²) >= 11 is 0. The van der Waals surface area contributed by atoms with Crippen LogP contribution in [-0.4, -0.2) is 29.3 Å². The van der Waals surface area contributed by atoms with Crippen LogP contribution in [0.1, 0.15) is 17.3 Å². The summed E-state index contributed by atoms with van der Waals surface area (Å²) in [6, 6.07) is 4.40. The van der Waals surface area contributed by atoms with Gasteiger partial charge >= 0.3 is 5.69 Å². The van der Waals surface area contributed by atoms with Crippen LogP contribution in [0.4, 0.5) is 11.4 Å². The van der Waals surface area contributed by atoms with Crippen molar-refractivity contribution in [1.82, 2.24) is 4.90 Å². The van der Waals surface area contributed by atoms with Crippen LogP contribution in [0.25, 0.3) is 0 Å². The molecule has 1 rings (SSSR count). The minimum atomic E-state index is -0.619. The Morgan fingerprint density at radius 1 is 1.59 bits per heavy atom.